The van der Waals surface area contributed by atoms with E-state index in [0.717, 1.165) is 11.8 Å². The fourth-order valence-electron chi connectivity index (χ4n) is 1.22. The Balaban J connectivity index is 2.41. The first-order chi connectivity index (χ1) is 6.99. The van der Waals surface area contributed by atoms with Gasteiger partial charge in [-0.3, -0.25) is 9.59 Å². The summed E-state index contributed by atoms with van der Waals surface area (Å²) < 4.78 is 0. The van der Waals surface area contributed by atoms with Crippen LogP contribution in [0, 0.1) is 5.92 Å². The highest BCUT2D eigenvalue weighted by molar-refractivity contribution is 8.14. The topological polar surface area (TPSA) is 84.6 Å². The van der Waals surface area contributed by atoms with Gasteiger partial charge in [-0.15, -0.1) is 0 Å². The molecule has 0 aliphatic carbocycles. The number of hydrogen-bond donors (Lipinski definition) is 2. The molecule has 84 valence electrons. The molecule has 0 aromatic rings. The van der Waals surface area contributed by atoms with Crippen LogP contribution in [0.4, 0.5) is 4.79 Å². The van der Waals surface area contributed by atoms with Crippen LogP contribution in [-0.2, 0) is 4.79 Å². The van der Waals surface area contributed by atoms with E-state index in [2.05, 4.69) is 10.3 Å². The van der Waals surface area contributed by atoms with Crippen LogP contribution < -0.4 is 11.1 Å². The maximum atomic E-state index is 11.5. The van der Waals surface area contributed by atoms with Crippen LogP contribution >= 0.6 is 11.8 Å². The maximum Gasteiger partial charge on any atom is 0.306 e. The van der Waals surface area contributed by atoms with E-state index in [-0.39, 0.29) is 11.1 Å². The lowest BCUT2D eigenvalue weighted by atomic mass is 10.0. The van der Waals surface area contributed by atoms with Crippen molar-refractivity contribution in [2.75, 3.05) is 5.75 Å². The molecular formula is C9H15N3O2S. The highest BCUT2D eigenvalue weighted by Crippen LogP contribution is 2.12. The average molecular weight is 229 g/mol. The van der Waals surface area contributed by atoms with Crippen LogP contribution in [0.5, 0.6) is 0 Å². The van der Waals surface area contributed by atoms with Crippen molar-refractivity contribution in [2.24, 2.45) is 16.6 Å². The van der Waals surface area contributed by atoms with E-state index in [4.69, 9.17) is 5.73 Å². The SMILES string of the molecule is CC(C)C[C@H](N)C(=O)NC1=NC(=O)SC1. The van der Waals surface area contributed by atoms with Gasteiger partial charge in [-0.1, -0.05) is 25.6 Å². The Kier molecular flexibility index (Phi) is 4.28. The minimum Gasteiger partial charge on any atom is -0.320 e. The number of thioether (sulfide) groups is 1. The predicted octanol–water partition coefficient (Wildman–Crippen LogP) is 0.741. The van der Waals surface area contributed by atoms with Crippen molar-refractivity contribution in [1.82, 2.24) is 5.32 Å². The molecule has 5 nitrogen and oxygen atoms in total. The zero-order chi connectivity index (χ0) is 11.4. The first-order valence-electron chi connectivity index (χ1n) is 4.80. The number of nitrogens with two attached hydrogens (primary N) is 1. The van der Waals surface area contributed by atoms with Gasteiger partial charge in [0.2, 0.25) is 5.91 Å². The summed E-state index contributed by atoms with van der Waals surface area (Å²) in [5, 5.41) is 2.30. The molecule has 1 aliphatic heterocycles. The van der Waals surface area contributed by atoms with Crippen molar-refractivity contribution in [2.45, 2.75) is 26.3 Å². The van der Waals surface area contributed by atoms with Gasteiger partial charge in [-0.05, 0) is 12.3 Å². The lowest BCUT2D eigenvalue weighted by molar-refractivity contribution is -0.121. The number of aliphatic imine (C=N–C) groups is 1. The lowest BCUT2D eigenvalue weighted by Gasteiger charge is -2.13. The van der Waals surface area contributed by atoms with Gasteiger partial charge in [0.1, 0.15) is 5.84 Å². The summed E-state index contributed by atoms with van der Waals surface area (Å²) in [4.78, 5) is 25.9. The Morgan fingerprint density at radius 2 is 2.33 bits per heavy atom. The Morgan fingerprint density at radius 3 is 2.80 bits per heavy atom. The summed E-state index contributed by atoms with van der Waals surface area (Å²) in [6.45, 7) is 4.00. The smallest absolute Gasteiger partial charge is 0.306 e. The molecule has 0 fully saturated rings. The largest absolute Gasteiger partial charge is 0.320 e. The van der Waals surface area contributed by atoms with Gasteiger partial charge >= 0.3 is 5.24 Å². The molecule has 1 atom stereocenters. The van der Waals surface area contributed by atoms with Gasteiger partial charge < -0.3 is 11.1 Å². The summed E-state index contributed by atoms with van der Waals surface area (Å²) >= 11 is 1.07. The third kappa shape index (κ3) is 4.01. The summed E-state index contributed by atoms with van der Waals surface area (Å²) in [6, 6.07) is -0.534. The molecular weight excluding hydrogens is 214 g/mol. The molecule has 1 heterocycles. The van der Waals surface area contributed by atoms with Crippen LogP contribution in [0.15, 0.2) is 4.99 Å². The molecule has 0 aromatic heterocycles. The number of nitrogens with one attached hydrogen (secondary N) is 1. The molecule has 2 amide bonds. The number of rotatable bonds is 3. The quantitative estimate of drug-likeness (QED) is 0.747. The van der Waals surface area contributed by atoms with E-state index in [1.807, 2.05) is 13.8 Å². The van der Waals surface area contributed by atoms with E-state index >= 15 is 0 Å². The monoisotopic (exact) mass is 229 g/mol. The molecule has 15 heavy (non-hydrogen) atoms. The van der Waals surface area contributed by atoms with Crippen LogP contribution in [-0.4, -0.2) is 28.8 Å². The summed E-state index contributed by atoms with van der Waals surface area (Å²) in [5.41, 5.74) is 5.67. The van der Waals surface area contributed by atoms with Crippen molar-refractivity contribution in [3.8, 4) is 0 Å². The summed E-state index contributed by atoms with van der Waals surface area (Å²) in [7, 11) is 0. The molecule has 6 heteroatoms. The van der Waals surface area contributed by atoms with Gasteiger partial charge in [-0.25, -0.2) is 0 Å². The number of hydrogen-bond acceptors (Lipinski definition) is 4. The molecule has 0 bridgehead atoms. The van der Waals surface area contributed by atoms with Gasteiger partial charge in [0.15, 0.2) is 0 Å². The molecule has 0 radical (unpaired) electrons. The zero-order valence-corrected chi connectivity index (χ0v) is 9.63. The number of carbonyl (C=O) groups excluding carboxylic acids is 2. The van der Waals surface area contributed by atoms with E-state index in [9.17, 15) is 9.59 Å². The minimum atomic E-state index is -0.534. The molecule has 0 unspecified atom stereocenters. The molecule has 1 rings (SSSR count). The van der Waals surface area contributed by atoms with E-state index in [1.54, 1.807) is 0 Å². The van der Waals surface area contributed by atoms with Crippen LogP contribution in [0.25, 0.3) is 0 Å². The molecule has 3 N–H and O–H groups in total. The Bertz CT molecular complexity index is 302. The number of amides is 2. The fourth-order valence-corrected chi connectivity index (χ4v) is 1.79. The summed E-state index contributed by atoms with van der Waals surface area (Å²) in [6.07, 6.45) is 0.625. The number of carbonyl (C=O) groups is 2. The standard InChI is InChI=1S/C9H15N3O2S/c1-5(2)3-6(10)8(13)11-7-4-15-9(14)12-7/h5-6H,3-4,10H2,1-2H3,(H,11,12,13,14)/t6-/m0/s1. The molecule has 0 spiro atoms. The Morgan fingerprint density at radius 1 is 1.67 bits per heavy atom. The predicted molar refractivity (Wildman–Crippen MR) is 60.9 cm³/mol. The molecule has 0 aromatic carbocycles. The van der Waals surface area contributed by atoms with E-state index in [1.165, 1.54) is 0 Å². The lowest BCUT2D eigenvalue weighted by Crippen LogP contribution is -2.44. The van der Waals surface area contributed by atoms with Crippen molar-refractivity contribution < 1.29 is 9.59 Å². The van der Waals surface area contributed by atoms with E-state index < -0.39 is 6.04 Å². The highest BCUT2D eigenvalue weighted by atomic mass is 32.2. The molecule has 0 saturated heterocycles. The van der Waals surface area contributed by atoms with Gasteiger partial charge in [-0.2, -0.15) is 4.99 Å². The molecule has 1 aliphatic rings. The Labute approximate surface area is 92.9 Å². The number of amidine groups is 1. The normalized spacial score (nSPS) is 17.9. The third-order valence-electron chi connectivity index (χ3n) is 1.89. The second-order valence-electron chi connectivity index (χ2n) is 3.84. The van der Waals surface area contributed by atoms with Gasteiger partial charge in [0.25, 0.3) is 0 Å². The van der Waals surface area contributed by atoms with Gasteiger partial charge in [0.05, 0.1) is 11.8 Å². The minimum absolute atomic E-state index is 0.261. The van der Waals surface area contributed by atoms with Gasteiger partial charge in [0, 0.05) is 0 Å². The maximum absolute atomic E-state index is 11.5. The van der Waals surface area contributed by atoms with Crippen molar-refractivity contribution in [1.29, 1.82) is 0 Å². The second kappa shape index (κ2) is 5.27. The van der Waals surface area contributed by atoms with Crippen molar-refractivity contribution >= 4 is 28.7 Å². The van der Waals surface area contributed by atoms with Crippen LogP contribution in [0.1, 0.15) is 20.3 Å². The van der Waals surface area contributed by atoms with Crippen molar-refractivity contribution in [3.63, 3.8) is 0 Å². The van der Waals surface area contributed by atoms with E-state index in [0.29, 0.717) is 23.9 Å². The Hall–Kier alpha value is -0.880. The number of nitrogens with zero attached hydrogens (tertiary/aromatic N) is 1. The van der Waals surface area contributed by atoms with Crippen LogP contribution in [0.3, 0.4) is 0 Å². The average Bonchev–Trinajstić information content (AvgIpc) is 2.50. The zero-order valence-electron chi connectivity index (χ0n) is 8.82. The summed E-state index contributed by atoms with van der Waals surface area (Å²) in [5.74, 6) is 0.943. The van der Waals surface area contributed by atoms with Crippen molar-refractivity contribution in [3.05, 3.63) is 0 Å². The second-order valence-corrected chi connectivity index (χ2v) is 4.76. The fraction of sp³-hybridized carbons (Fsp3) is 0.667. The first-order valence-corrected chi connectivity index (χ1v) is 5.78. The third-order valence-corrected chi connectivity index (χ3v) is 2.64. The molecule has 0 saturated carbocycles. The highest BCUT2D eigenvalue weighted by Gasteiger charge is 2.20. The van der Waals surface area contributed by atoms with Crippen LogP contribution in [0.2, 0.25) is 0 Å². The first kappa shape index (κ1) is 12.2.